The van der Waals surface area contributed by atoms with Crippen LogP contribution in [0.2, 0.25) is 5.02 Å². The van der Waals surface area contributed by atoms with Gasteiger partial charge in [0.25, 0.3) is 0 Å². The third-order valence-corrected chi connectivity index (χ3v) is 7.96. The molecule has 0 unspecified atom stereocenters. The Morgan fingerprint density at radius 1 is 1.40 bits per heavy atom. The van der Waals surface area contributed by atoms with E-state index >= 15 is 0 Å². The van der Waals surface area contributed by atoms with Crippen molar-refractivity contribution in [2.45, 2.75) is 24.6 Å². The second kappa shape index (κ2) is 7.05. The molecule has 1 fully saturated rings. The lowest BCUT2D eigenvalue weighted by Crippen LogP contribution is -2.51. The van der Waals surface area contributed by atoms with Crippen molar-refractivity contribution >= 4 is 38.7 Å². The third kappa shape index (κ3) is 3.88. The normalized spacial score (nSPS) is 22.8. The van der Waals surface area contributed by atoms with Gasteiger partial charge >= 0.3 is 0 Å². The molecule has 1 aliphatic heterocycles. The molecule has 1 aliphatic rings. The SMILES string of the molecule is C[C@H]1CS(=O)(=O)[C@@H](c2cccs2)CN1C(=O)Cc1ccc(F)c(Cl)c1. The first-order chi connectivity index (χ1) is 11.8. The van der Waals surface area contributed by atoms with Crippen LogP contribution in [0.4, 0.5) is 4.39 Å². The Labute approximate surface area is 155 Å². The molecule has 8 heteroatoms. The number of hydrogen-bond acceptors (Lipinski definition) is 4. The van der Waals surface area contributed by atoms with Crippen molar-refractivity contribution in [2.24, 2.45) is 0 Å². The molecule has 25 heavy (non-hydrogen) atoms. The van der Waals surface area contributed by atoms with E-state index in [-0.39, 0.29) is 29.6 Å². The maximum Gasteiger partial charge on any atom is 0.227 e. The first kappa shape index (κ1) is 18.4. The van der Waals surface area contributed by atoms with Gasteiger partial charge < -0.3 is 4.90 Å². The number of amides is 1. The lowest BCUT2D eigenvalue weighted by molar-refractivity contribution is -0.132. The van der Waals surface area contributed by atoms with E-state index in [1.165, 1.54) is 29.5 Å². The Morgan fingerprint density at radius 3 is 2.80 bits per heavy atom. The first-order valence-corrected chi connectivity index (χ1v) is 10.7. The van der Waals surface area contributed by atoms with Crippen LogP contribution >= 0.6 is 22.9 Å². The molecule has 2 aromatic rings. The van der Waals surface area contributed by atoms with Crippen LogP contribution in [0.25, 0.3) is 0 Å². The Kier molecular flexibility index (Phi) is 5.18. The van der Waals surface area contributed by atoms with Crippen molar-refractivity contribution in [3.05, 3.63) is 57.0 Å². The molecule has 0 bridgehead atoms. The molecular weight excluding hydrogens is 385 g/mol. The quantitative estimate of drug-likeness (QED) is 0.791. The summed E-state index contributed by atoms with van der Waals surface area (Å²) < 4.78 is 38.3. The summed E-state index contributed by atoms with van der Waals surface area (Å²) in [5.41, 5.74) is 0.602. The van der Waals surface area contributed by atoms with Crippen molar-refractivity contribution in [3.63, 3.8) is 0 Å². The number of sulfone groups is 1. The van der Waals surface area contributed by atoms with Gasteiger partial charge in [0.1, 0.15) is 11.1 Å². The van der Waals surface area contributed by atoms with E-state index in [0.29, 0.717) is 5.56 Å². The molecule has 0 spiro atoms. The van der Waals surface area contributed by atoms with Crippen molar-refractivity contribution in [1.82, 2.24) is 4.90 Å². The monoisotopic (exact) mass is 401 g/mol. The first-order valence-electron chi connectivity index (χ1n) is 7.76. The summed E-state index contributed by atoms with van der Waals surface area (Å²) in [4.78, 5) is 15.0. The van der Waals surface area contributed by atoms with Gasteiger partial charge in [0.2, 0.25) is 5.91 Å². The predicted molar refractivity (Wildman–Crippen MR) is 97.1 cm³/mol. The number of rotatable bonds is 3. The smallest absolute Gasteiger partial charge is 0.227 e. The van der Waals surface area contributed by atoms with Gasteiger partial charge in [0.05, 0.1) is 17.2 Å². The molecular formula is C17H17ClFNO3S2. The summed E-state index contributed by atoms with van der Waals surface area (Å²) in [6.07, 6.45) is 0.0571. The van der Waals surface area contributed by atoms with E-state index in [1.807, 2.05) is 5.38 Å². The Morgan fingerprint density at radius 2 is 2.16 bits per heavy atom. The minimum atomic E-state index is -3.30. The second-order valence-electron chi connectivity index (χ2n) is 6.15. The maximum absolute atomic E-state index is 13.3. The van der Waals surface area contributed by atoms with Crippen LogP contribution in [0.1, 0.15) is 22.6 Å². The van der Waals surface area contributed by atoms with E-state index in [9.17, 15) is 17.6 Å². The number of benzene rings is 1. The summed E-state index contributed by atoms with van der Waals surface area (Å²) in [5, 5.41) is 1.11. The van der Waals surface area contributed by atoms with Gasteiger partial charge in [-0.25, -0.2) is 12.8 Å². The Bertz CT molecular complexity index is 883. The number of halogens is 2. The standard InChI is InChI=1S/C17H17ClFNO3S2/c1-11-10-25(22,23)16(15-3-2-6-24-15)9-20(11)17(21)8-12-4-5-14(19)13(18)7-12/h2-7,11,16H,8-10H2,1H3/t11-,16+/m0/s1. The zero-order valence-electron chi connectivity index (χ0n) is 13.5. The summed E-state index contributed by atoms with van der Waals surface area (Å²) in [5.74, 6) is -0.787. The fraction of sp³-hybridized carbons (Fsp3) is 0.353. The van der Waals surface area contributed by atoms with E-state index in [1.54, 1.807) is 24.0 Å². The molecule has 0 saturated carbocycles. The van der Waals surface area contributed by atoms with Gasteiger partial charge in [-0.15, -0.1) is 11.3 Å². The van der Waals surface area contributed by atoms with Crippen molar-refractivity contribution < 1.29 is 17.6 Å². The van der Waals surface area contributed by atoms with Crippen molar-refractivity contribution in [1.29, 1.82) is 0 Å². The third-order valence-electron chi connectivity index (χ3n) is 4.32. The highest BCUT2D eigenvalue weighted by molar-refractivity contribution is 7.91. The van der Waals surface area contributed by atoms with Crippen LogP contribution in [0.3, 0.4) is 0 Å². The molecule has 4 nitrogen and oxygen atoms in total. The minimum Gasteiger partial charge on any atom is -0.337 e. The summed E-state index contributed by atoms with van der Waals surface area (Å²) in [7, 11) is -3.30. The average Bonchev–Trinajstić information content (AvgIpc) is 3.04. The van der Waals surface area contributed by atoms with Gasteiger partial charge in [-0.05, 0) is 36.1 Å². The number of carbonyl (C=O) groups is 1. The zero-order valence-corrected chi connectivity index (χ0v) is 15.9. The van der Waals surface area contributed by atoms with Crippen LogP contribution in [0.15, 0.2) is 35.7 Å². The summed E-state index contributed by atoms with van der Waals surface area (Å²) in [6.45, 7) is 1.87. The summed E-state index contributed by atoms with van der Waals surface area (Å²) in [6, 6.07) is 7.36. The zero-order chi connectivity index (χ0) is 18.2. The summed E-state index contributed by atoms with van der Waals surface area (Å²) >= 11 is 7.14. The van der Waals surface area contributed by atoms with E-state index < -0.39 is 26.9 Å². The fourth-order valence-electron chi connectivity index (χ4n) is 3.03. The highest BCUT2D eigenvalue weighted by atomic mass is 35.5. The van der Waals surface area contributed by atoms with Gasteiger partial charge in [0.15, 0.2) is 9.84 Å². The number of thiophene rings is 1. The fourth-order valence-corrected chi connectivity index (χ4v) is 6.44. The van der Waals surface area contributed by atoms with E-state index in [0.717, 1.165) is 4.88 Å². The van der Waals surface area contributed by atoms with Gasteiger partial charge in [-0.2, -0.15) is 0 Å². The molecule has 2 atom stereocenters. The minimum absolute atomic E-state index is 0.0315. The lowest BCUT2D eigenvalue weighted by atomic mass is 10.1. The number of hydrogen-bond donors (Lipinski definition) is 0. The van der Waals surface area contributed by atoms with Crippen LogP contribution in [0.5, 0.6) is 0 Å². The largest absolute Gasteiger partial charge is 0.337 e. The molecule has 0 radical (unpaired) electrons. The average molecular weight is 402 g/mol. The highest BCUT2D eigenvalue weighted by Gasteiger charge is 2.40. The van der Waals surface area contributed by atoms with Gasteiger partial charge in [-0.3, -0.25) is 4.79 Å². The molecule has 2 heterocycles. The Balaban J connectivity index is 1.80. The van der Waals surface area contributed by atoms with Crippen LogP contribution in [-0.2, 0) is 21.1 Å². The van der Waals surface area contributed by atoms with E-state index in [4.69, 9.17) is 11.6 Å². The molecule has 134 valence electrons. The van der Waals surface area contributed by atoms with Crippen LogP contribution < -0.4 is 0 Å². The second-order valence-corrected chi connectivity index (χ2v) is 9.77. The van der Waals surface area contributed by atoms with Crippen LogP contribution in [0, 0.1) is 5.82 Å². The van der Waals surface area contributed by atoms with Gasteiger partial charge in [0, 0.05) is 17.5 Å². The molecule has 1 aromatic heterocycles. The van der Waals surface area contributed by atoms with Crippen molar-refractivity contribution in [2.75, 3.05) is 12.3 Å². The molecule has 0 aliphatic carbocycles. The number of carbonyl (C=O) groups excluding carboxylic acids is 1. The maximum atomic E-state index is 13.3. The van der Waals surface area contributed by atoms with Crippen LogP contribution in [-0.4, -0.2) is 37.6 Å². The number of nitrogens with zero attached hydrogens (tertiary/aromatic N) is 1. The van der Waals surface area contributed by atoms with Gasteiger partial charge in [-0.1, -0.05) is 23.7 Å². The molecule has 1 amide bonds. The Hall–Kier alpha value is -1.44. The molecule has 1 saturated heterocycles. The molecule has 3 rings (SSSR count). The highest BCUT2D eigenvalue weighted by Crippen LogP contribution is 2.33. The molecule has 1 aromatic carbocycles. The predicted octanol–water partition coefficient (Wildman–Crippen LogP) is 3.47. The molecule has 0 N–H and O–H groups in total. The van der Waals surface area contributed by atoms with E-state index in [2.05, 4.69) is 0 Å². The topological polar surface area (TPSA) is 54.5 Å². The lowest BCUT2D eigenvalue weighted by Gasteiger charge is -2.37. The van der Waals surface area contributed by atoms with Crippen molar-refractivity contribution in [3.8, 4) is 0 Å².